The molecule has 314 valence electrons. The zero-order chi connectivity index (χ0) is 44.5. The van der Waals surface area contributed by atoms with Crippen molar-refractivity contribution in [2.24, 2.45) is 0 Å². The van der Waals surface area contributed by atoms with E-state index in [9.17, 15) is 5.26 Å². The molecule has 0 radical (unpaired) electrons. The van der Waals surface area contributed by atoms with Crippen molar-refractivity contribution in [3.05, 3.63) is 155 Å². The summed E-state index contributed by atoms with van der Waals surface area (Å²) in [5.41, 5.74) is 15.1. The first-order valence-corrected chi connectivity index (χ1v) is 22.4. The Morgan fingerprint density at radius 2 is 0.825 bits per heavy atom. The first-order valence-electron chi connectivity index (χ1n) is 22.4. The third-order valence-corrected chi connectivity index (χ3v) is 13.4. The molecule has 0 saturated heterocycles. The predicted molar refractivity (Wildman–Crippen MR) is 267 cm³/mol. The van der Waals surface area contributed by atoms with Crippen LogP contribution in [-0.4, -0.2) is 9.13 Å². The van der Waals surface area contributed by atoms with E-state index in [1.165, 1.54) is 43.8 Å². The van der Waals surface area contributed by atoms with Crippen molar-refractivity contribution in [3.8, 4) is 28.6 Å². The molecule has 10 rings (SSSR count). The number of benzene rings is 7. The Morgan fingerprint density at radius 3 is 1.22 bits per heavy atom. The maximum atomic E-state index is 11.6. The zero-order valence-electron chi connectivity index (χ0n) is 38.9. The molecule has 0 aliphatic carbocycles. The van der Waals surface area contributed by atoms with Crippen LogP contribution in [0.2, 0.25) is 0 Å². The van der Waals surface area contributed by atoms with Gasteiger partial charge in [-0.25, -0.2) is 0 Å². The van der Waals surface area contributed by atoms with Crippen molar-refractivity contribution < 1.29 is 4.42 Å². The summed E-state index contributed by atoms with van der Waals surface area (Å²) in [7, 11) is 0. The van der Waals surface area contributed by atoms with E-state index in [1.807, 2.05) is 6.07 Å². The largest absolute Gasteiger partial charge is 0.453 e. The van der Waals surface area contributed by atoms with Crippen LogP contribution in [0.4, 0.5) is 0 Å². The lowest BCUT2D eigenvalue weighted by molar-refractivity contribution is 0.590. The molecule has 0 atom stereocenters. The molecule has 10 aromatic rings. The molecule has 0 saturated carbocycles. The van der Waals surface area contributed by atoms with Gasteiger partial charge in [0, 0.05) is 32.5 Å². The van der Waals surface area contributed by atoms with E-state index in [1.54, 1.807) is 0 Å². The van der Waals surface area contributed by atoms with Gasteiger partial charge in [0.05, 0.1) is 44.4 Å². The zero-order valence-corrected chi connectivity index (χ0v) is 38.9. The highest BCUT2D eigenvalue weighted by Gasteiger charge is 2.29. The van der Waals surface area contributed by atoms with E-state index >= 15 is 0 Å². The van der Waals surface area contributed by atoms with Crippen LogP contribution in [0.5, 0.6) is 0 Å². The number of hydrogen-bond acceptors (Lipinski definition) is 2. The summed E-state index contributed by atoms with van der Waals surface area (Å²) in [5, 5.41) is 18.1. The van der Waals surface area contributed by atoms with E-state index < -0.39 is 0 Å². The van der Waals surface area contributed by atoms with Crippen LogP contribution in [0.1, 0.15) is 111 Å². The number of fused-ring (bicyclic) bond motifs is 9. The first kappa shape index (κ1) is 40.5. The van der Waals surface area contributed by atoms with Gasteiger partial charge in [0.25, 0.3) is 0 Å². The van der Waals surface area contributed by atoms with Crippen LogP contribution < -0.4 is 0 Å². The average molecular weight is 824 g/mol. The highest BCUT2D eigenvalue weighted by Crippen LogP contribution is 2.47. The van der Waals surface area contributed by atoms with Crippen LogP contribution in [0, 0.1) is 11.3 Å². The van der Waals surface area contributed by atoms with Crippen LogP contribution in [-0.2, 0) is 21.7 Å². The third kappa shape index (κ3) is 6.38. The van der Waals surface area contributed by atoms with Crippen LogP contribution in [0.3, 0.4) is 0 Å². The topological polar surface area (TPSA) is 46.8 Å². The minimum Gasteiger partial charge on any atom is -0.453 e. The van der Waals surface area contributed by atoms with Crippen molar-refractivity contribution in [3.63, 3.8) is 0 Å². The Balaban J connectivity index is 1.42. The van der Waals surface area contributed by atoms with Crippen molar-refractivity contribution >= 4 is 65.6 Å². The predicted octanol–water partition coefficient (Wildman–Crippen LogP) is 16.5. The third-order valence-electron chi connectivity index (χ3n) is 13.4. The number of hydrogen-bond donors (Lipinski definition) is 0. The van der Waals surface area contributed by atoms with Crippen LogP contribution in [0.25, 0.3) is 88.1 Å². The molecule has 4 heteroatoms. The van der Waals surface area contributed by atoms with Crippen molar-refractivity contribution in [2.45, 2.75) is 105 Å². The van der Waals surface area contributed by atoms with E-state index in [4.69, 9.17) is 4.42 Å². The molecule has 0 N–H and O–H groups in total. The minimum atomic E-state index is -0.0451. The lowest BCUT2D eigenvalue weighted by Gasteiger charge is -2.20. The van der Waals surface area contributed by atoms with E-state index in [-0.39, 0.29) is 21.7 Å². The molecule has 0 fully saturated rings. The second-order valence-corrected chi connectivity index (χ2v) is 21.9. The molecule has 63 heavy (non-hydrogen) atoms. The molecule has 3 heterocycles. The molecule has 0 unspecified atom stereocenters. The summed E-state index contributed by atoms with van der Waals surface area (Å²) in [5.74, 6) is 0. The summed E-state index contributed by atoms with van der Waals surface area (Å²) < 4.78 is 12.0. The van der Waals surface area contributed by atoms with Gasteiger partial charge in [0.1, 0.15) is 11.7 Å². The molecule has 7 aromatic carbocycles. The second kappa shape index (κ2) is 13.7. The Hall–Kier alpha value is -6.57. The number of para-hydroxylation sites is 1. The molecular formula is C59H57N3O. The molecule has 0 aliphatic heterocycles. The van der Waals surface area contributed by atoms with Crippen LogP contribution in [0.15, 0.2) is 132 Å². The van der Waals surface area contributed by atoms with Gasteiger partial charge in [-0.15, -0.1) is 0 Å². The van der Waals surface area contributed by atoms with E-state index in [0.717, 1.165) is 60.9 Å². The minimum absolute atomic E-state index is 0.0397. The smallest absolute Gasteiger partial charge is 0.160 e. The maximum Gasteiger partial charge on any atom is 0.160 e. The normalized spacial score (nSPS) is 13.1. The van der Waals surface area contributed by atoms with Gasteiger partial charge in [0.2, 0.25) is 0 Å². The van der Waals surface area contributed by atoms with Gasteiger partial charge in [0.15, 0.2) is 5.58 Å². The fourth-order valence-corrected chi connectivity index (χ4v) is 9.68. The number of nitriles is 1. The maximum absolute atomic E-state index is 11.6. The Bertz CT molecular complexity index is 3390. The lowest BCUT2D eigenvalue weighted by Crippen LogP contribution is -2.10. The fraction of sp³-hybridized carbons (Fsp3) is 0.271. The van der Waals surface area contributed by atoms with Gasteiger partial charge < -0.3 is 13.6 Å². The number of aromatic nitrogens is 2. The molecule has 3 aromatic heterocycles. The molecule has 0 spiro atoms. The van der Waals surface area contributed by atoms with Gasteiger partial charge in [-0.2, -0.15) is 5.26 Å². The SMILES string of the molecule is CC(C)(C)c1ccc2c(c1)c1cc(C(C)(C)C)ccc1n2-c1cc(-n2c3ccc(C(C)(C)C)cc3c3cc(C(C)(C)C)ccc32)c2oc3c(-c4ccccc4)cccc3c2c1C#N. The summed E-state index contributed by atoms with van der Waals surface area (Å²) in [4.78, 5) is 0. The number of furan rings is 1. The van der Waals surface area contributed by atoms with Crippen molar-refractivity contribution in [2.75, 3.05) is 0 Å². The summed E-state index contributed by atoms with van der Waals surface area (Å²) in [6.07, 6.45) is 0. The highest BCUT2D eigenvalue weighted by molar-refractivity contribution is 6.18. The molecule has 0 bridgehead atoms. The lowest BCUT2D eigenvalue weighted by atomic mass is 9.85. The molecule has 0 aliphatic rings. The second-order valence-electron chi connectivity index (χ2n) is 21.9. The first-order chi connectivity index (χ1) is 29.7. The van der Waals surface area contributed by atoms with E-state index in [0.29, 0.717) is 11.1 Å². The standard InChI is InChI=1S/C59H57N3O/c1-56(2,3)36-21-25-47-42(29-36)43-30-37(57(4,5)6)22-26-48(43)61(47)51-33-52(55-53(46(51)34-60)41-20-16-19-40(54(41)63-55)35-17-14-13-15-18-35)62-49-27-23-38(58(7,8)9)31-44(49)45-32-39(59(10,11)12)24-28-50(45)62/h13-33H,1-12H3. The van der Waals surface area contributed by atoms with Crippen molar-refractivity contribution in [1.29, 1.82) is 5.26 Å². The quantitative estimate of drug-likeness (QED) is 0.178. The van der Waals surface area contributed by atoms with Crippen LogP contribution >= 0.6 is 0 Å². The Kier molecular flexibility index (Phi) is 8.82. The van der Waals surface area contributed by atoms with Gasteiger partial charge >= 0.3 is 0 Å². The monoisotopic (exact) mass is 823 g/mol. The summed E-state index contributed by atoms with van der Waals surface area (Å²) in [6, 6.07) is 49.5. The van der Waals surface area contributed by atoms with Gasteiger partial charge in [-0.3, -0.25) is 0 Å². The molecule has 0 amide bonds. The summed E-state index contributed by atoms with van der Waals surface area (Å²) in [6.45, 7) is 27.3. The number of nitrogens with zero attached hydrogens (tertiary/aromatic N) is 3. The Morgan fingerprint density at radius 1 is 0.413 bits per heavy atom. The average Bonchev–Trinajstić information content (AvgIpc) is 3.89. The fourth-order valence-electron chi connectivity index (χ4n) is 9.68. The summed E-state index contributed by atoms with van der Waals surface area (Å²) >= 11 is 0. The Labute approximate surface area is 371 Å². The number of rotatable bonds is 3. The molecular weight excluding hydrogens is 767 g/mol. The highest BCUT2D eigenvalue weighted by atomic mass is 16.3. The van der Waals surface area contributed by atoms with Gasteiger partial charge in [-0.05, 0) is 104 Å². The van der Waals surface area contributed by atoms with Gasteiger partial charge in [-0.1, -0.05) is 156 Å². The molecule has 4 nitrogen and oxygen atoms in total. The van der Waals surface area contributed by atoms with E-state index in [2.05, 4.69) is 220 Å². The van der Waals surface area contributed by atoms with Crippen molar-refractivity contribution in [1.82, 2.24) is 9.13 Å².